The Hall–Kier alpha value is -2.30. The normalized spacial score (nSPS) is 21.8. The first-order valence-corrected chi connectivity index (χ1v) is 7.21. The van der Waals surface area contributed by atoms with Crippen molar-refractivity contribution in [1.82, 2.24) is 4.90 Å². The fraction of sp³-hybridized carbons (Fsp3) is 0.412. The van der Waals surface area contributed by atoms with Crippen LogP contribution in [0.2, 0.25) is 0 Å². The summed E-state index contributed by atoms with van der Waals surface area (Å²) in [4.78, 5) is 25.1. The van der Waals surface area contributed by atoms with Crippen LogP contribution < -0.4 is 4.74 Å². The highest BCUT2D eigenvalue weighted by Gasteiger charge is 2.41. The lowest BCUT2D eigenvalue weighted by molar-refractivity contribution is -0.147. The Morgan fingerprint density at radius 3 is 2.45 bits per heavy atom. The molecule has 0 radical (unpaired) electrons. The summed E-state index contributed by atoms with van der Waals surface area (Å²) in [6.07, 6.45) is 2.05. The molecule has 0 spiro atoms. The van der Waals surface area contributed by atoms with Crippen LogP contribution in [0.25, 0.3) is 5.57 Å². The predicted octanol–water partition coefficient (Wildman–Crippen LogP) is 2.42. The quantitative estimate of drug-likeness (QED) is 0.868. The molecule has 5 heteroatoms. The van der Waals surface area contributed by atoms with E-state index in [0.717, 1.165) is 16.9 Å². The van der Waals surface area contributed by atoms with Crippen LogP contribution in [0.15, 0.2) is 30.3 Å². The van der Waals surface area contributed by atoms with Gasteiger partial charge in [-0.05, 0) is 43.5 Å². The average Bonchev–Trinajstić information content (AvgIpc) is 2.91. The molecule has 1 aliphatic rings. The number of likely N-dealkylation sites (tertiary alicyclic amines) is 1. The van der Waals surface area contributed by atoms with Crippen LogP contribution in [0.5, 0.6) is 5.75 Å². The number of hydrogen-bond acceptors (Lipinski definition) is 3. The van der Waals surface area contributed by atoms with Crippen molar-refractivity contribution in [2.24, 2.45) is 5.41 Å². The van der Waals surface area contributed by atoms with E-state index in [1.165, 1.54) is 0 Å². The van der Waals surface area contributed by atoms with Crippen molar-refractivity contribution in [2.75, 3.05) is 20.2 Å². The van der Waals surface area contributed by atoms with E-state index in [1.807, 2.05) is 31.2 Å². The van der Waals surface area contributed by atoms with E-state index < -0.39 is 11.4 Å². The Bertz CT molecular complexity index is 606. The van der Waals surface area contributed by atoms with E-state index in [1.54, 1.807) is 25.0 Å². The van der Waals surface area contributed by atoms with E-state index in [9.17, 15) is 14.7 Å². The number of hydrogen-bond donors (Lipinski definition) is 1. The summed E-state index contributed by atoms with van der Waals surface area (Å²) in [6.45, 7) is 4.29. The molecule has 1 N–H and O–H groups in total. The van der Waals surface area contributed by atoms with Crippen LogP contribution in [0.4, 0.5) is 0 Å². The van der Waals surface area contributed by atoms with E-state index in [4.69, 9.17) is 4.74 Å². The number of methoxy groups -OCH3 is 1. The second-order valence-corrected chi connectivity index (χ2v) is 5.93. The molecule has 1 unspecified atom stereocenters. The number of amides is 1. The summed E-state index contributed by atoms with van der Waals surface area (Å²) < 4.78 is 5.11. The number of carbonyl (C=O) groups excluding carboxylic acids is 1. The van der Waals surface area contributed by atoms with Crippen molar-refractivity contribution in [1.29, 1.82) is 0 Å². The Balaban J connectivity index is 2.08. The average molecular weight is 303 g/mol. The molecule has 5 nitrogen and oxygen atoms in total. The van der Waals surface area contributed by atoms with E-state index >= 15 is 0 Å². The summed E-state index contributed by atoms with van der Waals surface area (Å²) in [5, 5.41) is 9.22. The molecule has 0 bridgehead atoms. The van der Waals surface area contributed by atoms with Gasteiger partial charge >= 0.3 is 5.97 Å². The number of allylic oxidation sites excluding steroid dienone is 1. The highest BCUT2D eigenvalue weighted by molar-refractivity contribution is 5.95. The van der Waals surface area contributed by atoms with Gasteiger partial charge in [-0.2, -0.15) is 0 Å². The number of carboxylic acid groups (broad SMARTS) is 1. The summed E-state index contributed by atoms with van der Waals surface area (Å²) in [6, 6.07) is 7.47. The molecule has 0 aliphatic carbocycles. The third-order valence-electron chi connectivity index (χ3n) is 4.19. The third kappa shape index (κ3) is 3.30. The first-order valence-electron chi connectivity index (χ1n) is 7.21. The van der Waals surface area contributed by atoms with E-state index in [0.29, 0.717) is 13.0 Å². The molecule has 1 atom stereocenters. The molecular formula is C17H21NO4. The highest BCUT2D eigenvalue weighted by Crippen LogP contribution is 2.30. The largest absolute Gasteiger partial charge is 0.497 e. The second-order valence-electron chi connectivity index (χ2n) is 5.93. The minimum Gasteiger partial charge on any atom is -0.497 e. The minimum atomic E-state index is -0.848. The monoisotopic (exact) mass is 303 g/mol. The number of benzene rings is 1. The Morgan fingerprint density at radius 2 is 1.95 bits per heavy atom. The van der Waals surface area contributed by atoms with Crippen molar-refractivity contribution in [3.63, 3.8) is 0 Å². The van der Waals surface area contributed by atoms with Gasteiger partial charge in [0.25, 0.3) is 0 Å². The van der Waals surface area contributed by atoms with Crippen LogP contribution in [0.3, 0.4) is 0 Å². The van der Waals surface area contributed by atoms with Gasteiger partial charge in [-0.25, -0.2) is 0 Å². The van der Waals surface area contributed by atoms with Crippen LogP contribution in [-0.2, 0) is 9.59 Å². The molecule has 118 valence electrons. The molecule has 0 saturated carbocycles. The van der Waals surface area contributed by atoms with Gasteiger partial charge in [-0.3, -0.25) is 9.59 Å². The zero-order chi connectivity index (χ0) is 16.3. The van der Waals surface area contributed by atoms with Gasteiger partial charge in [0.15, 0.2) is 0 Å². The highest BCUT2D eigenvalue weighted by atomic mass is 16.5. The van der Waals surface area contributed by atoms with Gasteiger partial charge in [-0.15, -0.1) is 0 Å². The molecule has 1 saturated heterocycles. The maximum atomic E-state index is 12.3. The SMILES string of the molecule is COc1ccc(C(C)=CC(=O)N2CCC(C)(C(=O)O)C2)cc1. The summed E-state index contributed by atoms with van der Waals surface area (Å²) in [7, 11) is 1.61. The number of ether oxygens (including phenoxy) is 1. The van der Waals surface area contributed by atoms with Crippen molar-refractivity contribution < 1.29 is 19.4 Å². The lowest BCUT2D eigenvalue weighted by atomic mass is 9.90. The summed E-state index contributed by atoms with van der Waals surface area (Å²) in [5.74, 6) is -0.225. The van der Waals surface area contributed by atoms with Crippen molar-refractivity contribution in [3.8, 4) is 5.75 Å². The summed E-state index contributed by atoms with van der Waals surface area (Å²) in [5.41, 5.74) is 0.947. The maximum Gasteiger partial charge on any atom is 0.311 e. The number of nitrogens with zero attached hydrogens (tertiary/aromatic N) is 1. The molecular weight excluding hydrogens is 282 g/mol. The van der Waals surface area contributed by atoms with Gasteiger partial charge in [0.2, 0.25) is 5.91 Å². The molecule has 1 aromatic rings. The molecule has 1 amide bonds. The van der Waals surface area contributed by atoms with Gasteiger partial charge in [0.05, 0.1) is 12.5 Å². The maximum absolute atomic E-state index is 12.3. The van der Waals surface area contributed by atoms with Crippen LogP contribution in [0.1, 0.15) is 25.8 Å². The zero-order valence-electron chi connectivity index (χ0n) is 13.1. The van der Waals surface area contributed by atoms with Gasteiger partial charge in [0, 0.05) is 19.2 Å². The number of aliphatic carboxylic acids is 1. The molecule has 1 heterocycles. The lowest BCUT2D eigenvalue weighted by Crippen LogP contribution is -2.34. The number of carbonyl (C=O) groups is 2. The molecule has 0 aromatic heterocycles. The van der Waals surface area contributed by atoms with E-state index in [2.05, 4.69) is 0 Å². The first-order chi connectivity index (χ1) is 10.4. The molecule has 2 rings (SSSR count). The van der Waals surface area contributed by atoms with E-state index in [-0.39, 0.29) is 12.5 Å². The first kappa shape index (κ1) is 16.1. The topological polar surface area (TPSA) is 66.8 Å². The number of carboxylic acids is 1. The van der Waals surface area contributed by atoms with Crippen molar-refractivity contribution in [3.05, 3.63) is 35.9 Å². The van der Waals surface area contributed by atoms with Gasteiger partial charge in [0.1, 0.15) is 5.75 Å². The third-order valence-corrected chi connectivity index (χ3v) is 4.19. The Morgan fingerprint density at radius 1 is 1.32 bits per heavy atom. The zero-order valence-corrected chi connectivity index (χ0v) is 13.1. The van der Waals surface area contributed by atoms with Crippen molar-refractivity contribution in [2.45, 2.75) is 20.3 Å². The standard InChI is InChI=1S/C17H21NO4/c1-12(13-4-6-14(22-3)7-5-13)10-15(19)18-9-8-17(2,11-18)16(20)21/h4-7,10H,8-9,11H2,1-3H3,(H,20,21). The lowest BCUT2D eigenvalue weighted by Gasteiger charge is -2.19. The van der Waals surface area contributed by atoms with Crippen molar-refractivity contribution >= 4 is 17.4 Å². The van der Waals surface area contributed by atoms with Gasteiger partial charge < -0.3 is 14.7 Å². The van der Waals surface area contributed by atoms with Crippen LogP contribution >= 0.6 is 0 Å². The predicted molar refractivity (Wildman–Crippen MR) is 83.6 cm³/mol. The van der Waals surface area contributed by atoms with Crippen LogP contribution in [-0.4, -0.2) is 42.1 Å². The molecule has 22 heavy (non-hydrogen) atoms. The molecule has 1 aliphatic heterocycles. The van der Waals surface area contributed by atoms with Gasteiger partial charge in [-0.1, -0.05) is 12.1 Å². The minimum absolute atomic E-state index is 0.140. The smallest absolute Gasteiger partial charge is 0.311 e. The summed E-state index contributed by atoms with van der Waals surface area (Å²) >= 11 is 0. The Labute approximate surface area is 130 Å². The molecule has 1 fully saturated rings. The number of rotatable bonds is 4. The fourth-order valence-electron chi connectivity index (χ4n) is 2.54. The Kier molecular flexibility index (Phi) is 4.54. The van der Waals surface area contributed by atoms with Crippen LogP contribution in [0, 0.1) is 5.41 Å². The molecule has 1 aromatic carbocycles. The second kappa shape index (κ2) is 6.22. The fourth-order valence-corrected chi connectivity index (χ4v) is 2.54.